The zero-order valence-corrected chi connectivity index (χ0v) is 16.5. The maximum absolute atomic E-state index is 11.9. The Morgan fingerprint density at radius 2 is 1.56 bits per heavy atom. The zero-order valence-electron chi connectivity index (χ0n) is 15.6. The number of sulfonamides is 1. The average Bonchev–Trinajstić information content (AvgIpc) is 2.69. The first-order valence-corrected chi connectivity index (χ1v) is 11.2. The van der Waals surface area contributed by atoms with Crippen LogP contribution in [-0.4, -0.2) is 26.8 Å². The van der Waals surface area contributed by atoms with Gasteiger partial charge in [-0.15, -0.1) is 0 Å². The lowest BCUT2D eigenvalue weighted by Crippen LogP contribution is -2.44. The largest absolute Gasteiger partial charge is 0.493 e. The first-order valence-electron chi connectivity index (χ1n) is 9.51. The average molecular weight is 390 g/mol. The number of benzene rings is 2. The van der Waals surface area contributed by atoms with Gasteiger partial charge in [0.2, 0.25) is 10.0 Å². The van der Waals surface area contributed by atoms with Gasteiger partial charge in [-0.3, -0.25) is 0 Å². The monoisotopic (exact) mass is 389 g/mol. The summed E-state index contributed by atoms with van der Waals surface area (Å²) >= 11 is 0. The third kappa shape index (κ3) is 5.97. The SMILES string of the molecule is CCS(=O)(=O)NC1CCCCC1COc1ccc(Oc2ccccc2)cc1. The van der Waals surface area contributed by atoms with Gasteiger partial charge >= 0.3 is 0 Å². The molecule has 0 saturated heterocycles. The van der Waals surface area contributed by atoms with Crippen molar-refractivity contribution in [3.63, 3.8) is 0 Å². The van der Waals surface area contributed by atoms with Crippen molar-refractivity contribution in [2.45, 2.75) is 38.6 Å². The molecule has 1 saturated carbocycles. The van der Waals surface area contributed by atoms with E-state index in [1.165, 1.54) is 0 Å². The van der Waals surface area contributed by atoms with Crippen LogP contribution < -0.4 is 14.2 Å². The normalized spacial score (nSPS) is 20.2. The Hall–Kier alpha value is -2.05. The molecule has 1 N–H and O–H groups in total. The molecule has 1 fully saturated rings. The van der Waals surface area contributed by atoms with E-state index >= 15 is 0 Å². The molecule has 2 unspecified atom stereocenters. The molecule has 0 aliphatic heterocycles. The molecule has 2 aromatic rings. The van der Waals surface area contributed by atoms with E-state index in [0.717, 1.165) is 42.9 Å². The van der Waals surface area contributed by atoms with Crippen LogP contribution in [0.25, 0.3) is 0 Å². The lowest BCUT2D eigenvalue weighted by atomic mass is 9.86. The van der Waals surface area contributed by atoms with Gasteiger partial charge in [0, 0.05) is 12.0 Å². The van der Waals surface area contributed by atoms with Gasteiger partial charge < -0.3 is 9.47 Å². The summed E-state index contributed by atoms with van der Waals surface area (Å²) in [4.78, 5) is 0. The Morgan fingerprint density at radius 1 is 0.926 bits per heavy atom. The van der Waals surface area contributed by atoms with Gasteiger partial charge in [0.05, 0.1) is 12.4 Å². The van der Waals surface area contributed by atoms with Gasteiger partial charge in [0.15, 0.2) is 0 Å². The van der Waals surface area contributed by atoms with E-state index in [9.17, 15) is 8.42 Å². The smallest absolute Gasteiger partial charge is 0.211 e. The molecular weight excluding hydrogens is 362 g/mol. The molecule has 0 heterocycles. The van der Waals surface area contributed by atoms with E-state index in [0.29, 0.717) is 6.61 Å². The minimum absolute atomic E-state index is 0.0376. The van der Waals surface area contributed by atoms with E-state index in [1.807, 2.05) is 54.6 Å². The van der Waals surface area contributed by atoms with Crippen LogP contribution in [0.1, 0.15) is 32.6 Å². The quantitative estimate of drug-likeness (QED) is 0.729. The maximum Gasteiger partial charge on any atom is 0.211 e. The summed E-state index contributed by atoms with van der Waals surface area (Å²) in [5.74, 6) is 2.61. The highest BCUT2D eigenvalue weighted by Gasteiger charge is 2.28. The van der Waals surface area contributed by atoms with Crippen molar-refractivity contribution >= 4 is 10.0 Å². The highest BCUT2D eigenvalue weighted by molar-refractivity contribution is 7.89. The van der Waals surface area contributed by atoms with Crippen molar-refractivity contribution in [1.82, 2.24) is 4.72 Å². The second kappa shape index (κ2) is 9.24. The van der Waals surface area contributed by atoms with E-state index in [2.05, 4.69) is 4.72 Å². The molecule has 146 valence electrons. The molecule has 2 atom stereocenters. The van der Waals surface area contributed by atoms with E-state index in [-0.39, 0.29) is 17.7 Å². The van der Waals surface area contributed by atoms with Crippen LogP contribution >= 0.6 is 0 Å². The predicted molar refractivity (Wildman–Crippen MR) is 107 cm³/mol. The van der Waals surface area contributed by atoms with Gasteiger partial charge in [0.25, 0.3) is 0 Å². The lowest BCUT2D eigenvalue weighted by molar-refractivity contribution is 0.180. The fraction of sp³-hybridized carbons (Fsp3) is 0.429. The van der Waals surface area contributed by atoms with Crippen molar-refractivity contribution in [3.8, 4) is 17.2 Å². The van der Waals surface area contributed by atoms with Crippen molar-refractivity contribution in [1.29, 1.82) is 0 Å². The van der Waals surface area contributed by atoms with Crippen LogP contribution in [0.15, 0.2) is 54.6 Å². The van der Waals surface area contributed by atoms with Crippen LogP contribution in [0.3, 0.4) is 0 Å². The zero-order chi connectivity index (χ0) is 19.1. The molecule has 0 aromatic heterocycles. The minimum Gasteiger partial charge on any atom is -0.493 e. The first kappa shape index (κ1) is 19.7. The Balaban J connectivity index is 1.55. The highest BCUT2D eigenvalue weighted by atomic mass is 32.2. The fourth-order valence-corrected chi connectivity index (χ4v) is 4.25. The first-order chi connectivity index (χ1) is 13.1. The number of rotatable bonds is 8. The van der Waals surface area contributed by atoms with Crippen LogP contribution in [0, 0.1) is 5.92 Å². The summed E-state index contributed by atoms with van der Waals surface area (Å²) in [7, 11) is -3.19. The third-order valence-corrected chi connectivity index (χ3v) is 6.31. The highest BCUT2D eigenvalue weighted by Crippen LogP contribution is 2.27. The molecule has 2 aromatic carbocycles. The second-order valence-electron chi connectivity index (χ2n) is 6.87. The number of hydrogen-bond acceptors (Lipinski definition) is 4. The molecule has 5 nitrogen and oxygen atoms in total. The van der Waals surface area contributed by atoms with E-state index < -0.39 is 10.0 Å². The summed E-state index contributed by atoms with van der Waals surface area (Å²) < 4.78 is 38.4. The topological polar surface area (TPSA) is 64.6 Å². The number of hydrogen-bond donors (Lipinski definition) is 1. The standard InChI is InChI=1S/C21H27NO4S/c1-2-27(23,24)22-21-11-7-6-8-17(21)16-25-18-12-14-20(15-13-18)26-19-9-4-3-5-10-19/h3-5,9-10,12-15,17,21-22H,2,6-8,11,16H2,1H3. The van der Waals surface area contributed by atoms with Gasteiger partial charge in [-0.05, 0) is 56.2 Å². The molecule has 1 aliphatic carbocycles. The molecule has 0 spiro atoms. The van der Waals surface area contributed by atoms with Crippen molar-refractivity contribution in [2.75, 3.05) is 12.4 Å². The summed E-state index contributed by atoms with van der Waals surface area (Å²) in [6, 6.07) is 17.1. The third-order valence-electron chi connectivity index (χ3n) is 4.89. The lowest BCUT2D eigenvalue weighted by Gasteiger charge is -2.31. The Bertz CT molecular complexity index is 806. The summed E-state index contributed by atoms with van der Waals surface area (Å²) in [6.45, 7) is 2.17. The van der Waals surface area contributed by atoms with E-state index in [1.54, 1.807) is 6.92 Å². The van der Waals surface area contributed by atoms with Crippen molar-refractivity contribution in [3.05, 3.63) is 54.6 Å². The summed E-state index contributed by atoms with van der Waals surface area (Å²) in [5, 5.41) is 0. The predicted octanol–water partition coefficient (Wildman–Crippen LogP) is 4.36. The Labute approximate surface area is 161 Å². The van der Waals surface area contributed by atoms with Crippen molar-refractivity contribution < 1.29 is 17.9 Å². The number of ether oxygens (including phenoxy) is 2. The second-order valence-corrected chi connectivity index (χ2v) is 8.91. The molecule has 0 amide bonds. The van der Waals surface area contributed by atoms with Crippen LogP contribution in [0.5, 0.6) is 17.2 Å². The van der Waals surface area contributed by atoms with Crippen LogP contribution in [0.2, 0.25) is 0 Å². The Kier molecular flexibility index (Phi) is 6.74. The summed E-state index contributed by atoms with van der Waals surface area (Å²) in [6.07, 6.45) is 4.02. The van der Waals surface area contributed by atoms with Crippen molar-refractivity contribution in [2.24, 2.45) is 5.92 Å². The van der Waals surface area contributed by atoms with Crippen LogP contribution in [0.4, 0.5) is 0 Å². The minimum atomic E-state index is -3.19. The number of para-hydroxylation sites is 1. The molecule has 0 radical (unpaired) electrons. The molecular formula is C21H27NO4S. The number of nitrogens with one attached hydrogen (secondary N) is 1. The molecule has 1 aliphatic rings. The van der Waals surface area contributed by atoms with Crippen LogP contribution in [-0.2, 0) is 10.0 Å². The molecule has 27 heavy (non-hydrogen) atoms. The molecule has 0 bridgehead atoms. The van der Waals surface area contributed by atoms with Gasteiger partial charge in [0.1, 0.15) is 17.2 Å². The fourth-order valence-electron chi connectivity index (χ4n) is 3.31. The van der Waals surface area contributed by atoms with E-state index in [4.69, 9.17) is 9.47 Å². The van der Waals surface area contributed by atoms with Gasteiger partial charge in [-0.2, -0.15) is 0 Å². The molecule has 6 heteroatoms. The van der Waals surface area contributed by atoms with Gasteiger partial charge in [-0.1, -0.05) is 31.0 Å². The Morgan fingerprint density at radius 3 is 2.26 bits per heavy atom. The maximum atomic E-state index is 11.9. The molecule has 3 rings (SSSR count). The summed E-state index contributed by atoms with van der Waals surface area (Å²) in [5.41, 5.74) is 0. The van der Waals surface area contributed by atoms with Gasteiger partial charge in [-0.25, -0.2) is 13.1 Å².